The van der Waals surface area contributed by atoms with Crippen LogP contribution in [0.3, 0.4) is 0 Å². The van der Waals surface area contributed by atoms with Gasteiger partial charge in [-0.2, -0.15) is 13.2 Å². The topological polar surface area (TPSA) is 64.1 Å². The van der Waals surface area contributed by atoms with E-state index in [9.17, 15) is 18.0 Å². The molecule has 0 saturated carbocycles. The third-order valence-corrected chi connectivity index (χ3v) is 2.86. The fourth-order valence-corrected chi connectivity index (χ4v) is 1.76. The number of aryl methyl sites for hydroxylation is 1. The van der Waals surface area contributed by atoms with E-state index < -0.39 is 17.6 Å². The molecule has 2 aromatic rings. The van der Waals surface area contributed by atoms with E-state index in [0.29, 0.717) is 5.69 Å². The number of carbonyl (C=O) groups excluding carboxylic acids is 1. The van der Waals surface area contributed by atoms with Gasteiger partial charge in [0.05, 0.1) is 17.8 Å². The molecule has 1 N–H and O–H groups in total. The number of nitrogens with one attached hydrogen (secondary N) is 1. The monoisotopic (exact) mass is 325 g/mol. The normalized spacial score (nSPS) is 11.1. The third kappa shape index (κ3) is 5.24. The van der Waals surface area contributed by atoms with Crippen molar-refractivity contribution >= 4 is 5.91 Å². The van der Waals surface area contributed by atoms with Crippen molar-refractivity contribution in [1.82, 2.24) is 15.3 Å². The number of amides is 1. The van der Waals surface area contributed by atoms with E-state index in [4.69, 9.17) is 4.74 Å². The number of benzene rings is 1. The first-order chi connectivity index (χ1) is 10.8. The fourth-order valence-electron chi connectivity index (χ4n) is 1.76. The third-order valence-electron chi connectivity index (χ3n) is 2.86. The molecule has 5 nitrogen and oxygen atoms in total. The van der Waals surface area contributed by atoms with Crippen LogP contribution in [0, 0.1) is 6.92 Å². The Morgan fingerprint density at radius 2 is 2.04 bits per heavy atom. The van der Waals surface area contributed by atoms with E-state index in [1.54, 1.807) is 13.0 Å². The number of hydrogen-bond donors (Lipinski definition) is 1. The highest BCUT2D eigenvalue weighted by Gasteiger charge is 2.30. The van der Waals surface area contributed by atoms with E-state index in [-0.39, 0.29) is 18.9 Å². The summed E-state index contributed by atoms with van der Waals surface area (Å²) in [6.07, 6.45) is -3.07. The summed E-state index contributed by atoms with van der Waals surface area (Å²) >= 11 is 0. The minimum atomic E-state index is -4.45. The lowest BCUT2D eigenvalue weighted by Gasteiger charge is -2.10. The molecular weight excluding hydrogens is 311 g/mol. The van der Waals surface area contributed by atoms with Crippen molar-refractivity contribution in [2.24, 2.45) is 0 Å². The van der Waals surface area contributed by atoms with Crippen LogP contribution >= 0.6 is 0 Å². The van der Waals surface area contributed by atoms with E-state index in [2.05, 4.69) is 15.3 Å². The molecular formula is C15H14F3N3O2. The largest absolute Gasteiger partial charge is 0.484 e. The van der Waals surface area contributed by atoms with Gasteiger partial charge in [0.2, 0.25) is 0 Å². The second kappa shape index (κ2) is 7.08. The molecule has 0 spiro atoms. The predicted molar refractivity (Wildman–Crippen MR) is 75.6 cm³/mol. The standard InChI is InChI=1S/C15H14F3N3O2/c1-10-5-12(21-9-20-10)7-19-14(22)8-23-13-4-2-3-11(6-13)15(16,17)18/h2-6,9H,7-8H2,1H3,(H,19,22). The summed E-state index contributed by atoms with van der Waals surface area (Å²) in [5.41, 5.74) is 0.571. The van der Waals surface area contributed by atoms with E-state index in [1.807, 2.05) is 0 Å². The fraction of sp³-hybridized carbons (Fsp3) is 0.267. The van der Waals surface area contributed by atoms with Gasteiger partial charge in [-0.15, -0.1) is 0 Å². The lowest BCUT2D eigenvalue weighted by Crippen LogP contribution is -2.28. The minimum absolute atomic E-state index is 0.0205. The van der Waals surface area contributed by atoms with Gasteiger partial charge in [-0.25, -0.2) is 9.97 Å². The highest BCUT2D eigenvalue weighted by molar-refractivity contribution is 5.77. The van der Waals surface area contributed by atoms with Crippen LogP contribution in [0.5, 0.6) is 5.75 Å². The van der Waals surface area contributed by atoms with Gasteiger partial charge in [-0.1, -0.05) is 6.07 Å². The van der Waals surface area contributed by atoms with Crippen molar-refractivity contribution in [3.8, 4) is 5.75 Å². The van der Waals surface area contributed by atoms with Gasteiger partial charge in [0.25, 0.3) is 5.91 Å². The maximum atomic E-state index is 12.6. The van der Waals surface area contributed by atoms with Crippen LogP contribution < -0.4 is 10.1 Å². The Kier molecular flexibility index (Phi) is 5.15. The van der Waals surface area contributed by atoms with Crippen molar-refractivity contribution in [3.63, 3.8) is 0 Å². The van der Waals surface area contributed by atoms with Crippen molar-refractivity contribution < 1.29 is 22.7 Å². The lowest BCUT2D eigenvalue weighted by atomic mass is 10.2. The molecule has 1 heterocycles. The van der Waals surface area contributed by atoms with E-state index in [0.717, 1.165) is 17.8 Å². The van der Waals surface area contributed by atoms with Gasteiger partial charge in [0.1, 0.15) is 12.1 Å². The average Bonchev–Trinajstić information content (AvgIpc) is 2.50. The average molecular weight is 325 g/mol. The van der Waals surface area contributed by atoms with Crippen LogP contribution in [0.15, 0.2) is 36.7 Å². The van der Waals surface area contributed by atoms with Crippen LogP contribution in [0.25, 0.3) is 0 Å². The number of aromatic nitrogens is 2. The van der Waals surface area contributed by atoms with Crippen LogP contribution in [0.1, 0.15) is 17.0 Å². The van der Waals surface area contributed by atoms with Crippen LogP contribution in [-0.4, -0.2) is 22.5 Å². The molecule has 0 aliphatic heterocycles. The molecule has 0 aliphatic carbocycles. The molecule has 1 amide bonds. The van der Waals surface area contributed by atoms with Gasteiger partial charge in [0.15, 0.2) is 6.61 Å². The molecule has 23 heavy (non-hydrogen) atoms. The second-order valence-electron chi connectivity index (χ2n) is 4.74. The number of halogens is 3. The van der Waals surface area contributed by atoms with E-state index >= 15 is 0 Å². The summed E-state index contributed by atoms with van der Waals surface area (Å²) in [6.45, 7) is 1.60. The van der Waals surface area contributed by atoms with Crippen LogP contribution in [0.2, 0.25) is 0 Å². The highest BCUT2D eigenvalue weighted by atomic mass is 19.4. The number of hydrogen-bond acceptors (Lipinski definition) is 4. The summed E-state index contributed by atoms with van der Waals surface area (Å²) in [4.78, 5) is 19.6. The Balaban J connectivity index is 1.85. The number of ether oxygens (including phenoxy) is 1. The van der Waals surface area contributed by atoms with Gasteiger partial charge in [-0.05, 0) is 31.2 Å². The van der Waals surface area contributed by atoms with Gasteiger partial charge >= 0.3 is 6.18 Å². The predicted octanol–water partition coefficient (Wildman–Crippen LogP) is 2.50. The van der Waals surface area contributed by atoms with E-state index in [1.165, 1.54) is 18.5 Å². The molecule has 0 fully saturated rings. The summed E-state index contributed by atoms with van der Waals surface area (Å²) in [5, 5.41) is 2.56. The zero-order chi connectivity index (χ0) is 16.9. The maximum absolute atomic E-state index is 12.6. The highest BCUT2D eigenvalue weighted by Crippen LogP contribution is 2.31. The lowest BCUT2D eigenvalue weighted by molar-refractivity contribution is -0.137. The quantitative estimate of drug-likeness (QED) is 0.917. The van der Waals surface area contributed by atoms with Gasteiger partial charge < -0.3 is 10.1 Å². The molecule has 8 heteroatoms. The second-order valence-corrected chi connectivity index (χ2v) is 4.74. The number of carbonyl (C=O) groups is 1. The Morgan fingerprint density at radius 3 is 2.74 bits per heavy atom. The molecule has 0 radical (unpaired) electrons. The van der Waals surface area contributed by atoms with Crippen molar-refractivity contribution in [2.45, 2.75) is 19.6 Å². The molecule has 122 valence electrons. The van der Waals surface area contributed by atoms with Crippen molar-refractivity contribution in [1.29, 1.82) is 0 Å². The molecule has 2 rings (SSSR count). The molecule has 1 aromatic heterocycles. The molecule has 1 aromatic carbocycles. The minimum Gasteiger partial charge on any atom is -0.484 e. The Hall–Kier alpha value is -2.64. The maximum Gasteiger partial charge on any atom is 0.416 e. The summed E-state index contributed by atoms with van der Waals surface area (Å²) in [6, 6.07) is 6.08. The van der Waals surface area contributed by atoms with Crippen LogP contribution in [-0.2, 0) is 17.5 Å². The zero-order valence-corrected chi connectivity index (χ0v) is 12.2. The van der Waals surface area contributed by atoms with Crippen molar-refractivity contribution in [2.75, 3.05) is 6.61 Å². The van der Waals surface area contributed by atoms with Crippen LogP contribution in [0.4, 0.5) is 13.2 Å². The summed E-state index contributed by atoms with van der Waals surface area (Å²) in [5.74, 6) is -0.480. The number of nitrogens with zero attached hydrogens (tertiary/aromatic N) is 2. The Morgan fingerprint density at radius 1 is 1.26 bits per heavy atom. The number of alkyl halides is 3. The van der Waals surface area contributed by atoms with Gasteiger partial charge in [-0.3, -0.25) is 4.79 Å². The molecule has 0 aliphatic rings. The zero-order valence-electron chi connectivity index (χ0n) is 12.2. The number of rotatable bonds is 5. The Labute approximate surface area is 130 Å². The molecule has 0 atom stereocenters. The molecule has 0 unspecified atom stereocenters. The first-order valence-corrected chi connectivity index (χ1v) is 6.69. The first-order valence-electron chi connectivity index (χ1n) is 6.69. The Bertz CT molecular complexity index is 690. The molecule has 0 bridgehead atoms. The smallest absolute Gasteiger partial charge is 0.416 e. The molecule has 0 saturated heterocycles. The summed E-state index contributed by atoms with van der Waals surface area (Å²) in [7, 11) is 0. The van der Waals surface area contributed by atoms with Gasteiger partial charge in [0, 0.05) is 5.69 Å². The summed E-state index contributed by atoms with van der Waals surface area (Å²) < 4.78 is 42.8. The first kappa shape index (κ1) is 16.7. The SMILES string of the molecule is Cc1cc(CNC(=O)COc2cccc(C(F)(F)F)c2)ncn1. The van der Waals surface area contributed by atoms with Crippen molar-refractivity contribution in [3.05, 3.63) is 53.6 Å².